The second-order valence-corrected chi connectivity index (χ2v) is 7.09. The van der Waals surface area contributed by atoms with Crippen LogP contribution in [-0.4, -0.2) is 33.5 Å². The summed E-state index contributed by atoms with van der Waals surface area (Å²) < 4.78 is 1.71. The summed E-state index contributed by atoms with van der Waals surface area (Å²) in [6.07, 6.45) is 0. The average molecular weight is 375 g/mol. The van der Waals surface area contributed by atoms with E-state index in [9.17, 15) is 4.79 Å². The van der Waals surface area contributed by atoms with Crippen molar-refractivity contribution in [3.05, 3.63) is 28.7 Å². The van der Waals surface area contributed by atoms with Gasteiger partial charge in [0.2, 0.25) is 5.91 Å². The summed E-state index contributed by atoms with van der Waals surface area (Å²) >= 11 is 10.2. The number of thioether (sulfide) groups is 1. The molecular formula is C14H19BrN2OS2. The van der Waals surface area contributed by atoms with Crippen molar-refractivity contribution in [1.29, 1.82) is 0 Å². The SMILES string of the molecule is CCN(CC)C(=S)S[C@H](C)C(=O)Nc1cccc(Br)c1. The van der Waals surface area contributed by atoms with Crippen molar-refractivity contribution in [3.8, 4) is 0 Å². The third kappa shape index (κ3) is 5.42. The molecule has 1 atom stereocenters. The molecule has 0 radical (unpaired) electrons. The highest BCUT2D eigenvalue weighted by molar-refractivity contribution is 9.10. The van der Waals surface area contributed by atoms with Crippen molar-refractivity contribution in [2.24, 2.45) is 0 Å². The Morgan fingerprint density at radius 3 is 2.65 bits per heavy atom. The lowest BCUT2D eigenvalue weighted by atomic mass is 10.3. The number of benzene rings is 1. The topological polar surface area (TPSA) is 32.3 Å². The van der Waals surface area contributed by atoms with Gasteiger partial charge in [0.25, 0.3) is 0 Å². The molecule has 0 aliphatic carbocycles. The van der Waals surface area contributed by atoms with E-state index in [1.807, 2.05) is 31.2 Å². The molecule has 110 valence electrons. The Balaban J connectivity index is 2.57. The van der Waals surface area contributed by atoms with Crippen molar-refractivity contribution in [1.82, 2.24) is 4.90 Å². The lowest BCUT2D eigenvalue weighted by molar-refractivity contribution is -0.115. The average Bonchev–Trinajstić information content (AvgIpc) is 2.40. The number of nitrogens with one attached hydrogen (secondary N) is 1. The normalized spacial score (nSPS) is 11.8. The Labute approximate surface area is 138 Å². The van der Waals surface area contributed by atoms with E-state index in [1.165, 1.54) is 11.8 Å². The molecule has 1 amide bonds. The molecule has 0 unspecified atom stereocenters. The van der Waals surface area contributed by atoms with Gasteiger partial charge in [0.15, 0.2) is 0 Å². The van der Waals surface area contributed by atoms with E-state index in [2.05, 4.69) is 40.0 Å². The molecule has 0 aliphatic heterocycles. The molecular weight excluding hydrogens is 356 g/mol. The fraction of sp³-hybridized carbons (Fsp3) is 0.429. The van der Waals surface area contributed by atoms with Crippen LogP contribution < -0.4 is 5.32 Å². The number of amides is 1. The summed E-state index contributed by atoms with van der Waals surface area (Å²) in [7, 11) is 0. The van der Waals surface area contributed by atoms with Crippen LogP contribution in [0.15, 0.2) is 28.7 Å². The van der Waals surface area contributed by atoms with Gasteiger partial charge >= 0.3 is 0 Å². The number of hydrogen-bond donors (Lipinski definition) is 1. The van der Waals surface area contributed by atoms with Crippen LogP contribution in [0.2, 0.25) is 0 Å². The fourth-order valence-corrected chi connectivity index (χ4v) is 3.54. The summed E-state index contributed by atoms with van der Waals surface area (Å²) in [5.41, 5.74) is 0.783. The number of nitrogens with zero attached hydrogens (tertiary/aromatic N) is 1. The van der Waals surface area contributed by atoms with Crippen LogP contribution in [0.4, 0.5) is 5.69 Å². The molecule has 0 spiro atoms. The van der Waals surface area contributed by atoms with E-state index in [0.29, 0.717) is 0 Å². The minimum Gasteiger partial charge on any atom is -0.358 e. The minimum absolute atomic E-state index is 0.0393. The Kier molecular flexibility index (Phi) is 7.55. The van der Waals surface area contributed by atoms with E-state index in [0.717, 1.165) is 27.6 Å². The van der Waals surface area contributed by atoms with Crippen LogP contribution >= 0.6 is 39.9 Å². The summed E-state index contributed by atoms with van der Waals surface area (Å²) in [4.78, 5) is 14.2. The van der Waals surface area contributed by atoms with Gasteiger partial charge in [0.05, 0.1) is 5.25 Å². The van der Waals surface area contributed by atoms with Gasteiger partial charge in [-0.2, -0.15) is 0 Å². The fourth-order valence-electron chi connectivity index (χ4n) is 1.57. The van der Waals surface area contributed by atoms with E-state index in [4.69, 9.17) is 12.2 Å². The van der Waals surface area contributed by atoms with Gasteiger partial charge < -0.3 is 10.2 Å². The third-order valence-corrected chi connectivity index (χ3v) is 4.83. The maximum Gasteiger partial charge on any atom is 0.237 e. The van der Waals surface area contributed by atoms with Gasteiger partial charge in [0, 0.05) is 23.2 Å². The zero-order valence-electron chi connectivity index (χ0n) is 11.9. The van der Waals surface area contributed by atoms with Gasteiger partial charge in [-0.3, -0.25) is 4.79 Å². The molecule has 0 bridgehead atoms. The summed E-state index contributed by atoms with van der Waals surface area (Å²) in [5.74, 6) is -0.0393. The quantitative estimate of drug-likeness (QED) is 0.785. The molecule has 6 heteroatoms. The first-order valence-corrected chi connectivity index (χ1v) is 8.58. The summed E-state index contributed by atoms with van der Waals surface area (Å²) in [5, 5.41) is 2.67. The lowest BCUT2D eigenvalue weighted by Gasteiger charge is -2.22. The highest BCUT2D eigenvalue weighted by Crippen LogP contribution is 2.20. The Hall–Kier alpha value is -0.590. The minimum atomic E-state index is -0.220. The van der Waals surface area contributed by atoms with Crippen LogP contribution in [0.25, 0.3) is 0 Å². The van der Waals surface area contributed by atoms with Crippen molar-refractivity contribution < 1.29 is 4.79 Å². The van der Waals surface area contributed by atoms with E-state index in [-0.39, 0.29) is 11.2 Å². The predicted molar refractivity (Wildman–Crippen MR) is 95.3 cm³/mol. The van der Waals surface area contributed by atoms with Crippen LogP contribution in [0.5, 0.6) is 0 Å². The molecule has 3 nitrogen and oxygen atoms in total. The zero-order chi connectivity index (χ0) is 15.1. The Morgan fingerprint density at radius 2 is 2.10 bits per heavy atom. The Morgan fingerprint density at radius 1 is 1.45 bits per heavy atom. The van der Waals surface area contributed by atoms with E-state index < -0.39 is 0 Å². The first-order valence-electron chi connectivity index (χ1n) is 6.49. The maximum absolute atomic E-state index is 12.1. The highest BCUT2D eigenvalue weighted by Gasteiger charge is 2.18. The predicted octanol–water partition coefficient (Wildman–Crippen LogP) is 4.14. The van der Waals surface area contributed by atoms with Crippen molar-refractivity contribution in [2.75, 3.05) is 18.4 Å². The van der Waals surface area contributed by atoms with Crippen molar-refractivity contribution in [3.63, 3.8) is 0 Å². The number of anilines is 1. The molecule has 0 aromatic heterocycles. The first-order chi connectivity index (χ1) is 9.47. The molecule has 1 aromatic rings. The largest absolute Gasteiger partial charge is 0.358 e. The van der Waals surface area contributed by atoms with Gasteiger partial charge in [0.1, 0.15) is 4.32 Å². The molecule has 0 fully saturated rings. The van der Waals surface area contributed by atoms with E-state index in [1.54, 1.807) is 0 Å². The summed E-state index contributed by atoms with van der Waals surface area (Å²) in [6, 6.07) is 7.54. The zero-order valence-corrected chi connectivity index (χ0v) is 15.1. The third-order valence-electron chi connectivity index (χ3n) is 2.76. The lowest BCUT2D eigenvalue weighted by Crippen LogP contribution is -2.31. The number of rotatable bonds is 5. The second kappa shape index (κ2) is 8.64. The van der Waals surface area contributed by atoms with E-state index >= 15 is 0 Å². The molecule has 0 saturated heterocycles. The highest BCUT2D eigenvalue weighted by atomic mass is 79.9. The smallest absolute Gasteiger partial charge is 0.237 e. The molecule has 1 N–H and O–H groups in total. The standard InChI is InChI=1S/C14H19BrN2OS2/c1-4-17(5-2)14(19)20-10(3)13(18)16-12-8-6-7-11(15)9-12/h6-10H,4-5H2,1-3H3,(H,16,18)/t10-/m1/s1. The van der Waals surface area contributed by atoms with Crippen LogP contribution in [-0.2, 0) is 4.79 Å². The van der Waals surface area contributed by atoms with Crippen LogP contribution in [0, 0.1) is 0 Å². The molecule has 1 rings (SSSR count). The second-order valence-electron chi connectivity index (χ2n) is 4.20. The number of halogens is 1. The number of hydrogen-bond acceptors (Lipinski definition) is 3. The molecule has 0 aliphatic rings. The molecule has 0 saturated carbocycles. The van der Waals surface area contributed by atoms with Gasteiger partial charge in [-0.15, -0.1) is 0 Å². The maximum atomic E-state index is 12.1. The number of carbonyl (C=O) groups is 1. The Bertz CT molecular complexity index is 478. The van der Waals surface area contributed by atoms with Gasteiger partial charge in [-0.25, -0.2) is 0 Å². The van der Waals surface area contributed by atoms with Crippen LogP contribution in [0.1, 0.15) is 20.8 Å². The monoisotopic (exact) mass is 374 g/mol. The van der Waals surface area contributed by atoms with Gasteiger partial charge in [-0.1, -0.05) is 46.0 Å². The first kappa shape index (κ1) is 17.5. The van der Waals surface area contributed by atoms with Gasteiger partial charge in [-0.05, 0) is 39.0 Å². The number of carbonyl (C=O) groups excluding carboxylic acids is 1. The van der Waals surface area contributed by atoms with Crippen molar-refractivity contribution in [2.45, 2.75) is 26.0 Å². The summed E-state index contributed by atoms with van der Waals surface area (Å²) in [6.45, 7) is 7.71. The molecule has 1 aromatic carbocycles. The molecule has 20 heavy (non-hydrogen) atoms. The van der Waals surface area contributed by atoms with Crippen LogP contribution in [0.3, 0.4) is 0 Å². The number of thiocarbonyl (C=S) groups is 1. The van der Waals surface area contributed by atoms with Crippen molar-refractivity contribution >= 4 is 55.8 Å². The molecule has 0 heterocycles.